The van der Waals surface area contributed by atoms with E-state index in [1.54, 1.807) is 7.11 Å². The molecule has 0 spiro atoms. The standard InChI is InChI=1S/C27H22OP.BrH/c1-28-24-13-11-12-23(22-24)20-21-29(25-14-5-2-6-15-25,26-16-7-3-8-17-26)27-18-9-4-10-19-27;/h2-19,22H,1H3;1H/q+1;/p-1. The molecule has 0 fully saturated rings. The third kappa shape index (κ3) is 4.49. The van der Waals surface area contributed by atoms with Crippen molar-refractivity contribution in [2.24, 2.45) is 0 Å². The molecule has 0 heterocycles. The van der Waals surface area contributed by atoms with Crippen molar-refractivity contribution in [2.75, 3.05) is 7.11 Å². The van der Waals surface area contributed by atoms with Crippen molar-refractivity contribution in [2.45, 2.75) is 0 Å². The van der Waals surface area contributed by atoms with E-state index in [0.29, 0.717) is 0 Å². The molecule has 4 aromatic rings. The van der Waals surface area contributed by atoms with Crippen molar-refractivity contribution in [3.63, 3.8) is 0 Å². The Hall–Kier alpha value is -2.85. The van der Waals surface area contributed by atoms with E-state index in [1.165, 1.54) is 15.9 Å². The Bertz CT molecular complexity index is 1040. The van der Waals surface area contributed by atoms with Gasteiger partial charge < -0.3 is 21.7 Å². The molecule has 1 nitrogen and oxygen atoms in total. The quantitative estimate of drug-likeness (QED) is 0.326. The fraction of sp³-hybridized carbons (Fsp3) is 0.0370. The van der Waals surface area contributed by atoms with Gasteiger partial charge in [-0.1, -0.05) is 60.7 Å². The Labute approximate surface area is 189 Å². The van der Waals surface area contributed by atoms with E-state index in [1.807, 2.05) is 24.3 Å². The lowest BCUT2D eigenvalue weighted by atomic mass is 10.2. The second-order valence-electron chi connectivity index (χ2n) is 6.65. The second kappa shape index (κ2) is 10.3. The largest absolute Gasteiger partial charge is 1.00 e. The van der Waals surface area contributed by atoms with E-state index in [9.17, 15) is 0 Å². The van der Waals surface area contributed by atoms with Gasteiger partial charge in [0.15, 0.2) is 7.26 Å². The van der Waals surface area contributed by atoms with Gasteiger partial charge in [-0.15, -0.1) is 0 Å². The van der Waals surface area contributed by atoms with Gasteiger partial charge in [-0.2, -0.15) is 0 Å². The van der Waals surface area contributed by atoms with E-state index >= 15 is 0 Å². The van der Waals surface area contributed by atoms with Crippen molar-refractivity contribution in [3.8, 4) is 17.3 Å². The Morgan fingerprint density at radius 3 is 1.50 bits per heavy atom. The minimum absolute atomic E-state index is 0. The molecule has 0 bridgehead atoms. The predicted molar refractivity (Wildman–Crippen MR) is 125 cm³/mol. The lowest BCUT2D eigenvalue weighted by molar-refractivity contribution is -0.00000587. The van der Waals surface area contributed by atoms with Gasteiger partial charge in [0.25, 0.3) is 0 Å². The molecule has 4 rings (SSSR count). The van der Waals surface area contributed by atoms with Crippen LogP contribution < -0.4 is 37.6 Å². The molecule has 0 unspecified atom stereocenters. The summed E-state index contributed by atoms with van der Waals surface area (Å²) < 4.78 is 5.38. The van der Waals surface area contributed by atoms with E-state index in [-0.39, 0.29) is 17.0 Å². The Balaban J connectivity index is 0.00000256. The van der Waals surface area contributed by atoms with Crippen molar-refractivity contribution < 1.29 is 21.7 Å². The summed E-state index contributed by atoms with van der Waals surface area (Å²) in [5.41, 5.74) is 4.71. The number of hydrogen-bond acceptors (Lipinski definition) is 1. The first-order valence-corrected chi connectivity index (χ1v) is 11.3. The number of benzene rings is 4. The molecular weight excluding hydrogens is 451 g/mol. The number of halogens is 1. The zero-order valence-electron chi connectivity index (χ0n) is 16.7. The van der Waals surface area contributed by atoms with Gasteiger partial charge in [-0.25, -0.2) is 0 Å². The number of hydrogen-bond donors (Lipinski definition) is 0. The third-order valence-corrected chi connectivity index (χ3v) is 8.53. The summed E-state index contributed by atoms with van der Waals surface area (Å²) >= 11 is 0. The van der Waals surface area contributed by atoms with Crippen LogP contribution in [0, 0.1) is 11.6 Å². The van der Waals surface area contributed by atoms with Crippen molar-refractivity contribution in [1.82, 2.24) is 0 Å². The van der Waals surface area contributed by atoms with Crippen LogP contribution in [0.25, 0.3) is 0 Å². The van der Waals surface area contributed by atoms with Crippen molar-refractivity contribution >= 4 is 23.2 Å². The first-order chi connectivity index (χ1) is 14.3. The normalized spacial score (nSPS) is 10.3. The molecule has 0 aliphatic rings. The van der Waals surface area contributed by atoms with Crippen LogP contribution in [-0.2, 0) is 0 Å². The topological polar surface area (TPSA) is 9.23 Å². The van der Waals surface area contributed by atoms with Gasteiger partial charge >= 0.3 is 0 Å². The summed E-state index contributed by atoms with van der Waals surface area (Å²) in [5, 5.41) is 3.77. The van der Waals surface area contributed by atoms with Crippen LogP contribution >= 0.6 is 7.26 Å². The summed E-state index contributed by atoms with van der Waals surface area (Å²) in [6, 6.07) is 39.9. The third-order valence-electron chi connectivity index (χ3n) is 4.87. The van der Waals surface area contributed by atoms with Gasteiger partial charge in [0.1, 0.15) is 21.7 Å². The van der Waals surface area contributed by atoms with Crippen molar-refractivity contribution in [3.05, 3.63) is 121 Å². The molecule has 0 radical (unpaired) electrons. The summed E-state index contributed by atoms with van der Waals surface area (Å²) in [6.07, 6.45) is 0. The minimum Gasteiger partial charge on any atom is -1.00 e. The molecule has 0 saturated heterocycles. The SMILES string of the molecule is COc1cccc(C#C[P+](c2ccccc2)(c2ccccc2)c2ccccc2)c1.[Br-]. The molecule has 3 heteroatoms. The summed E-state index contributed by atoms with van der Waals surface area (Å²) in [6.45, 7) is 0. The summed E-state index contributed by atoms with van der Waals surface area (Å²) in [4.78, 5) is 0. The molecule has 30 heavy (non-hydrogen) atoms. The monoisotopic (exact) mass is 472 g/mol. The predicted octanol–water partition coefficient (Wildman–Crippen LogP) is 2.00. The number of ether oxygens (including phenoxy) is 1. The smallest absolute Gasteiger partial charge is 0.189 e. The molecule has 0 aliphatic carbocycles. The summed E-state index contributed by atoms with van der Waals surface area (Å²) in [7, 11) is -0.462. The molecule has 148 valence electrons. The van der Waals surface area contributed by atoms with E-state index in [2.05, 4.69) is 103 Å². The molecule has 0 N–H and O–H groups in total. The zero-order valence-corrected chi connectivity index (χ0v) is 19.2. The second-order valence-corrected chi connectivity index (χ2v) is 9.76. The fourth-order valence-electron chi connectivity index (χ4n) is 3.44. The molecule has 0 amide bonds. The Morgan fingerprint density at radius 1 is 0.600 bits per heavy atom. The maximum Gasteiger partial charge on any atom is 0.189 e. The molecule has 4 aromatic carbocycles. The maximum absolute atomic E-state index is 5.38. The first kappa shape index (κ1) is 21.8. The number of methoxy groups -OCH3 is 1. The Kier molecular flexibility index (Phi) is 7.47. The van der Waals surface area contributed by atoms with Gasteiger partial charge in [0.2, 0.25) is 0 Å². The van der Waals surface area contributed by atoms with Gasteiger partial charge in [-0.3, -0.25) is 0 Å². The van der Waals surface area contributed by atoms with Crippen LogP contribution in [-0.4, -0.2) is 7.11 Å². The van der Waals surface area contributed by atoms with E-state index < -0.39 is 7.26 Å². The lowest BCUT2D eigenvalue weighted by Gasteiger charge is -2.21. The fourth-order valence-corrected chi connectivity index (χ4v) is 6.88. The first-order valence-electron chi connectivity index (χ1n) is 9.56. The molecule has 0 saturated carbocycles. The molecule has 0 aliphatic heterocycles. The molecular formula is C27H22BrOP. The zero-order chi connectivity index (χ0) is 19.9. The van der Waals surface area contributed by atoms with Crippen LogP contribution in [0.4, 0.5) is 0 Å². The average Bonchev–Trinajstić information content (AvgIpc) is 2.82. The van der Waals surface area contributed by atoms with Crippen LogP contribution in [0.3, 0.4) is 0 Å². The summed E-state index contributed by atoms with van der Waals surface area (Å²) in [5.74, 6) is 4.29. The average molecular weight is 473 g/mol. The Morgan fingerprint density at radius 2 is 1.07 bits per heavy atom. The highest BCUT2D eigenvalue weighted by molar-refractivity contribution is 7.99. The molecule has 0 atom stereocenters. The van der Waals surface area contributed by atoms with Crippen LogP contribution in [0.1, 0.15) is 5.56 Å². The maximum atomic E-state index is 5.38. The van der Waals surface area contributed by atoms with E-state index in [4.69, 9.17) is 4.74 Å². The molecule has 0 aromatic heterocycles. The van der Waals surface area contributed by atoms with Crippen LogP contribution in [0.15, 0.2) is 115 Å². The minimum atomic E-state index is -2.14. The number of rotatable bonds is 4. The van der Waals surface area contributed by atoms with E-state index in [0.717, 1.165) is 11.3 Å². The van der Waals surface area contributed by atoms with Gasteiger partial charge in [0, 0.05) is 5.56 Å². The highest BCUT2D eigenvalue weighted by Crippen LogP contribution is 2.54. The van der Waals surface area contributed by atoms with Crippen LogP contribution in [0.2, 0.25) is 0 Å². The van der Waals surface area contributed by atoms with Crippen molar-refractivity contribution in [1.29, 1.82) is 0 Å². The van der Waals surface area contributed by atoms with Crippen LogP contribution in [0.5, 0.6) is 5.75 Å². The van der Waals surface area contributed by atoms with Gasteiger partial charge in [-0.05, 0) is 60.5 Å². The highest BCUT2D eigenvalue weighted by Gasteiger charge is 2.44. The highest BCUT2D eigenvalue weighted by atomic mass is 79.9. The lowest BCUT2D eigenvalue weighted by Crippen LogP contribution is -3.00. The van der Waals surface area contributed by atoms with Gasteiger partial charge in [0.05, 0.1) is 12.8 Å².